The third-order valence-corrected chi connectivity index (χ3v) is 5.42. The van der Waals surface area contributed by atoms with E-state index in [0.29, 0.717) is 0 Å². The topological polar surface area (TPSA) is 15.3 Å². The molecule has 106 valence electrons. The van der Waals surface area contributed by atoms with Gasteiger partial charge in [0.15, 0.2) is 0 Å². The van der Waals surface area contributed by atoms with Crippen molar-refractivity contribution >= 4 is 11.8 Å². The second-order valence-corrected chi connectivity index (χ2v) is 7.10. The van der Waals surface area contributed by atoms with Crippen molar-refractivity contribution < 1.29 is 0 Å². The van der Waals surface area contributed by atoms with Crippen LogP contribution in [0.1, 0.15) is 45.4 Å². The van der Waals surface area contributed by atoms with Crippen molar-refractivity contribution in [1.29, 1.82) is 0 Å². The molecule has 0 aromatic rings. The molecule has 2 aliphatic rings. The van der Waals surface area contributed by atoms with Crippen LogP contribution in [0.3, 0.4) is 0 Å². The van der Waals surface area contributed by atoms with Crippen molar-refractivity contribution in [2.24, 2.45) is 5.92 Å². The van der Waals surface area contributed by atoms with Crippen LogP contribution in [-0.4, -0.2) is 48.6 Å². The van der Waals surface area contributed by atoms with Crippen molar-refractivity contribution in [1.82, 2.24) is 10.2 Å². The zero-order valence-electron chi connectivity index (χ0n) is 12.0. The molecule has 1 saturated heterocycles. The first-order valence-electron chi connectivity index (χ1n) is 7.93. The maximum atomic E-state index is 3.79. The smallest absolute Gasteiger partial charge is 0.0107 e. The van der Waals surface area contributed by atoms with Gasteiger partial charge in [0, 0.05) is 24.9 Å². The molecule has 1 aliphatic heterocycles. The summed E-state index contributed by atoms with van der Waals surface area (Å²) in [7, 11) is 0. The minimum atomic E-state index is 0.801. The Morgan fingerprint density at radius 1 is 1.11 bits per heavy atom. The Balaban J connectivity index is 1.79. The van der Waals surface area contributed by atoms with E-state index in [1.807, 2.05) is 0 Å². The normalized spacial score (nSPS) is 31.2. The Bertz CT molecular complexity index is 215. The Morgan fingerprint density at radius 3 is 2.89 bits per heavy atom. The summed E-state index contributed by atoms with van der Waals surface area (Å²) >= 11 is 2.14. The molecule has 0 aromatic carbocycles. The van der Waals surface area contributed by atoms with Gasteiger partial charge in [0.25, 0.3) is 0 Å². The highest BCUT2D eigenvalue weighted by molar-refractivity contribution is 7.99. The summed E-state index contributed by atoms with van der Waals surface area (Å²) in [5.41, 5.74) is 0. The molecule has 0 spiro atoms. The van der Waals surface area contributed by atoms with Crippen molar-refractivity contribution in [2.75, 3.05) is 37.7 Å². The average molecular weight is 270 g/mol. The monoisotopic (exact) mass is 270 g/mol. The van der Waals surface area contributed by atoms with Gasteiger partial charge < -0.3 is 10.2 Å². The van der Waals surface area contributed by atoms with E-state index < -0.39 is 0 Å². The lowest BCUT2D eigenvalue weighted by molar-refractivity contribution is 0.175. The SMILES string of the molecule is CCCNC1CCCCC1CN1CCCSCC1. The number of hydrogen-bond donors (Lipinski definition) is 1. The fraction of sp³-hybridized carbons (Fsp3) is 1.00. The molecule has 2 fully saturated rings. The number of rotatable bonds is 5. The predicted octanol–water partition coefficient (Wildman–Crippen LogP) is 2.98. The molecule has 2 rings (SSSR count). The van der Waals surface area contributed by atoms with Crippen LogP contribution in [0.15, 0.2) is 0 Å². The zero-order valence-corrected chi connectivity index (χ0v) is 12.8. The number of thioether (sulfide) groups is 1. The maximum Gasteiger partial charge on any atom is 0.0107 e. The van der Waals surface area contributed by atoms with Crippen LogP contribution in [0.5, 0.6) is 0 Å². The van der Waals surface area contributed by atoms with Crippen LogP contribution in [0.2, 0.25) is 0 Å². The Kier molecular flexibility index (Phi) is 6.88. The molecular weight excluding hydrogens is 240 g/mol. The Labute approximate surface area is 117 Å². The molecule has 1 N–H and O–H groups in total. The minimum Gasteiger partial charge on any atom is -0.314 e. The molecule has 2 nitrogen and oxygen atoms in total. The largest absolute Gasteiger partial charge is 0.314 e. The summed E-state index contributed by atoms with van der Waals surface area (Å²) in [6, 6.07) is 0.801. The lowest BCUT2D eigenvalue weighted by Gasteiger charge is -2.36. The second kappa shape index (κ2) is 8.44. The van der Waals surface area contributed by atoms with Gasteiger partial charge in [-0.25, -0.2) is 0 Å². The number of nitrogens with one attached hydrogen (secondary N) is 1. The van der Waals surface area contributed by atoms with Crippen molar-refractivity contribution in [3.63, 3.8) is 0 Å². The van der Waals surface area contributed by atoms with Crippen LogP contribution in [0, 0.1) is 5.92 Å². The molecule has 1 saturated carbocycles. The molecule has 2 unspecified atom stereocenters. The van der Waals surface area contributed by atoms with E-state index in [1.54, 1.807) is 0 Å². The van der Waals surface area contributed by atoms with Crippen molar-refractivity contribution in [3.8, 4) is 0 Å². The van der Waals surface area contributed by atoms with Gasteiger partial charge in [-0.05, 0) is 50.4 Å². The first kappa shape index (κ1) is 14.7. The molecule has 0 radical (unpaired) electrons. The summed E-state index contributed by atoms with van der Waals surface area (Å²) in [5, 5.41) is 3.79. The van der Waals surface area contributed by atoms with Gasteiger partial charge in [-0.15, -0.1) is 0 Å². The fourth-order valence-corrected chi connectivity index (χ4v) is 4.26. The Morgan fingerprint density at radius 2 is 2.00 bits per heavy atom. The van der Waals surface area contributed by atoms with Crippen LogP contribution >= 0.6 is 11.8 Å². The van der Waals surface area contributed by atoms with E-state index >= 15 is 0 Å². The molecule has 2 atom stereocenters. The van der Waals surface area contributed by atoms with Crippen LogP contribution < -0.4 is 5.32 Å². The van der Waals surface area contributed by atoms with E-state index in [9.17, 15) is 0 Å². The van der Waals surface area contributed by atoms with Crippen LogP contribution in [0.25, 0.3) is 0 Å². The van der Waals surface area contributed by atoms with Gasteiger partial charge in [-0.1, -0.05) is 19.8 Å². The fourth-order valence-electron chi connectivity index (χ4n) is 3.34. The third-order valence-electron chi connectivity index (χ3n) is 4.37. The lowest BCUT2D eigenvalue weighted by Crippen LogP contribution is -2.45. The first-order chi connectivity index (χ1) is 8.90. The first-order valence-corrected chi connectivity index (χ1v) is 9.09. The molecule has 1 aliphatic carbocycles. The zero-order chi connectivity index (χ0) is 12.6. The average Bonchev–Trinajstić information content (AvgIpc) is 2.66. The van der Waals surface area contributed by atoms with E-state index in [1.165, 1.54) is 76.2 Å². The standard InChI is InChI=1S/C15H30N2S/c1-2-8-16-15-7-4-3-6-14(15)13-17-9-5-11-18-12-10-17/h14-16H,2-13H2,1H3. The number of hydrogen-bond acceptors (Lipinski definition) is 3. The van der Waals surface area contributed by atoms with E-state index in [2.05, 4.69) is 28.9 Å². The summed E-state index contributed by atoms with van der Waals surface area (Å²) in [6.45, 7) is 7.49. The van der Waals surface area contributed by atoms with Crippen LogP contribution in [0.4, 0.5) is 0 Å². The molecule has 3 heteroatoms. The molecule has 18 heavy (non-hydrogen) atoms. The molecule has 1 heterocycles. The Hall–Kier alpha value is 0.270. The minimum absolute atomic E-state index is 0.801. The molecule has 0 amide bonds. The van der Waals surface area contributed by atoms with Crippen molar-refractivity contribution in [2.45, 2.75) is 51.5 Å². The summed E-state index contributed by atoms with van der Waals surface area (Å²) in [6.07, 6.45) is 8.41. The van der Waals surface area contributed by atoms with Crippen molar-refractivity contribution in [3.05, 3.63) is 0 Å². The van der Waals surface area contributed by atoms with E-state index in [4.69, 9.17) is 0 Å². The summed E-state index contributed by atoms with van der Waals surface area (Å²) < 4.78 is 0. The third kappa shape index (κ3) is 4.75. The van der Waals surface area contributed by atoms with Gasteiger partial charge in [0.2, 0.25) is 0 Å². The maximum absolute atomic E-state index is 3.79. The summed E-state index contributed by atoms with van der Waals surface area (Å²) in [4.78, 5) is 2.73. The van der Waals surface area contributed by atoms with Gasteiger partial charge >= 0.3 is 0 Å². The summed E-state index contributed by atoms with van der Waals surface area (Å²) in [5.74, 6) is 3.63. The van der Waals surface area contributed by atoms with Crippen LogP contribution in [-0.2, 0) is 0 Å². The number of nitrogens with zero attached hydrogens (tertiary/aromatic N) is 1. The predicted molar refractivity (Wildman–Crippen MR) is 82.4 cm³/mol. The van der Waals surface area contributed by atoms with E-state index in [-0.39, 0.29) is 0 Å². The van der Waals surface area contributed by atoms with Gasteiger partial charge in [-0.2, -0.15) is 11.8 Å². The van der Waals surface area contributed by atoms with Gasteiger partial charge in [0.05, 0.1) is 0 Å². The lowest BCUT2D eigenvalue weighted by atomic mass is 9.84. The molecule has 0 bridgehead atoms. The van der Waals surface area contributed by atoms with E-state index in [0.717, 1.165) is 12.0 Å². The highest BCUT2D eigenvalue weighted by atomic mass is 32.2. The molecular formula is C15H30N2S. The van der Waals surface area contributed by atoms with Gasteiger partial charge in [-0.3, -0.25) is 0 Å². The second-order valence-electron chi connectivity index (χ2n) is 5.87. The quantitative estimate of drug-likeness (QED) is 0.827. The highest BCUT2D eigenvalue weighted by Crippen LogP contribution is 2.26. The highest BCUT2D eigenvalue weighted by Gasteiger charge is 2.26. The van der Waals surface area contributed by atoms with Gasteiger partial charge in [0.1, 0.15) is 0 Å². The molecule has 0 aromatic heterocycles.